The molecule has 2 aliphatic rings. The standard InChI is InChI=1S/C20H29NO3/c1-24-20(10-3-2-4-11-20)14-21-13-17-7-5-6-15-8-9-16(19(22)23)12-18(15)17/h8-9,12,17,21H,2-7,10-11,13-14H2,1H3,(H,22,23). The Morgan fingerprint density at radius 3 is 2.79 bits per heavy atom. The molecular weight excluding hydrogens is 302 g/mol. The van der Waals surface area contributed by atoms with Gasteiger partial charge in [0.2, 0.25) is 0 Å². The van der Waals surface area contributed by atoms with E-state index in [9.17, 15) is 9.90 Å². The topological polar surface area (TPSA) is 58.6 Å². The molecule has 0 aromatic heterocycles. The highest BCUT2D eigenvalue weighted by molar-refractivity contribution is 5.88. The minimum Gasteiger partial charge on any atom is -0.478 e. The van der Waals surface area contributed by atoms with Gasteiger partial charge in [-0.25, -0.2) is 4.79 Å². The quantitative estimate of drug-likeness (QED) is 0.833. The first-order valence-corrected chi connectivity index (χ1v) is 9.25. The SMILES string of the molecule is COC1(CNCC2CCCc3ccc(C(=O)O)cc32)CCCCC1. The molecule has 0 heterocycles. The van der Waals surface area contributed by atoms with Crippen molar-refractivity contribution in [2.45, 2.75) is 62.9 Å². The molecule has 1 atom stereocenters. The second-order valence-electron chi connectivity index (χ2n) is 7.39. The normalized spacial score (nSPS) is 22.8. The molecule has 4 heteroatoms. The zero-order valence-corrected chi connectivity index (χ0v) is 14.6. The molecule has 1 aromatic rings. The van der Waals surface area contributed by atoms with E-state index < -0.39 is 5.97 Å². The number of nitrogens with one attached hydrogen (secondary N) is 1. The number of fused-ring (bicyclic) bond motifs is 1. The molecule has 0 saturated heterocycles. The third-order valence-corrected chi connectivity index (χ3v) is 5.87. The molecule has 1 unspecified atom stereocenters. The van der Waals surface area contributed by atoms with E-state index in [0.29, 0.717) is 11.5 Å². The number of ether oxygens (including phenoxy) is 1. The summed E-state index contributed by atoms with van der Waals surface area (Å²) in [5.74, 6) is -0.429. The van der Waals surface area contributed by atoms with Crippen LogP contribution in [0.3, 0.4) is 0 Å². The second kappa shape index (κ2) is 7.66. The highest BCUT2D eigenvalue weighted by Gasteiger charge is 2.32. The number of hydrogen-bond acceptors (Lipinski definition) is 3. The maximum absolute atomic E-state index is 11.3. The summed E-state index contributed by atoms with van der Waals surface area (Å²) >= 11 is 0. The largest absolute Gasteiger partial charge is 0.478 e. The first-order chi connectivity index (χ1) is 11.6. The van der Waals surface area contributed by atoms with Crippen LogP contribution in [-0.4, -0.2) is 36.9 Å². The lowest BCUT2D eigenvalue weighted by molar-refractivity contribution is -0.0376. The van der Waals surface area contributed by atoms with E-state index in [1.165, 1.54) is 36.8 Å². The van der Waals surface area contributed by atoms with Crippen molar-refractivity contribution in [3.8, 4) is 0 Å². The molecule has 3 rings (SSSR count). The van der Waals surface area contributed by atoms with Gasteiger partial charge in [0.25, 0.3) is 0 Å². The molecule has 2 aliphatic carbocycles. The minimum absolute atomic E-state index is 0.00133. The first kappa shape index (κ1) is 17.4. The summed E-state index contributed by atoms with van der Waals surface area (Å²) in [7, 11) is 1.84. The van der Waals surface area contributed by atoms with Gasteiger partial charge in [0.1, 0.15) is 0 Å². The van der Waals surface area contributed by atoms with Gasteiger partial charge >= 0.3 is 5.97 Å². The van der Waals surface area contributed by atoms with Crippen LogP contribution in [0.2, 0.25) is 0 Å². The Hall–Kier alpha value is -1.39. The van der Waals surface area contributed by atoms with Gasteiger partial charge in [-0.05, 0) is 61.3 Å². The molecule has 0 radical (unpaired) electrons. The maximum atomic E-state index is 11.3. The molecule has 1 saturated carbocycles. The monoisotopic (exact) mass is 331 g/mol. The molecule has 4 nitrogen and oxygen atoms in total. The molecule has 0 spiro atoms. The highest BCUT2D eigenvalue weighted by atomic mass is 16.5. The number of carboxylic acid groups (broad SMARTS) is 1. The zero-order valence-electron chi connectivity index (χ0n) is 14.6. The summed E-state index contributed by atoms with van der Waals surface area (Å²) in [4.78, 5) is 11.3. The molecule has 0 bridgehead atoms. The Morgan fingerprint density at radius 1 is 1.29 bits per heavy atom. The Balaban J connectivity index is 1.64. The van der Waals surface area contributed by atoms with Crippen LogP contribution < -0.4 is 5.32 Å². The van der Waals surface area contributed by atoms with E-state index in [4.69, 9.17) is 4.74 Å². The van der Waals surface area contributed by atoms with Gasteiger partial charge in [0.15, 0.2) is 0 Å². The number of carboxylic acids is 1. The van der Waals surface area contributed by atoms with Crippen molar-refractivity contribution in [3.63, 3.8) is 0 Å². The van der Waals surface area contributed by atoms with Gasteiger partial charge in [-0.2, -0.15) is 0 Å². The van der Waals surface area contributed by atoms with Crippen molar-refractivity contribution in [1.82, 2.24) is 5.32 Å². The number of hydrogen-bond donors (Lipinski definition) is 2. The summed E-state index contributed by atoms with van der Waals surface area (Å²) in [6.45, 7) is 1.80. The van der Waals surface area contributed by atoms with Gasteiger partial charge < -0.3 is 15.2 Å². The number of carbonyl (C=O) groups is 1. The van der Waals surface area contributed by atoms with Crippen LogP contribution in [0.15, 0.2) is 18.2 Å². The number of aromatic carboxylic acids is 1. The van der Waals surface area contributed by atoms with Gasteiger partial charge in [-0.3, -0.25) is 0 Å². The average Bonchev–Trinajstić information content (AvgIpc) is 2.62. The summed E-state index contributed by atoms with van der Waals surface area (Å²) in [6.07, 6.45) is 9.48. The van der Waals surface area contributed by atoms with Crippen LogP contribution in [0.1, 0.15) is 72.3 Å². The Kier molecular flexibility index (Phi) is 5.57. The second-order valence-corrected chi connectivity index (χ2v) is 7.39. The lowest BCUT2D eigenvalue weighted by Gasteiger charge is -2.37. The summed E-state index contributed by atoms with van der Waals surface area (Å²) in [6, 6.07) is 5.62. The van der Waals surface area contributed by atoms with Crippen LogP contribution in [0.25, 0.3) is 0 Å². The summed E-state index contributed by atoms with van der Waals surface area (Å²) in [5, 5.41) is 12.9. The van der Waals surface area contributed by atoms with E-state index in [0.717, 1.165) is 38.8 Å². The Bertz CT molecular complexity index is 578. The van der Waals surface area contributed by atoms with Crippen LogP contribution in [0.5, 0.6) is 0 Å². The maximum Gasteiger partial charge on any atom is 0.335 e. The van der Waals surface area contributed by atoms with Crippen molar-refractivity contribution < 1.29 is 14.6 Å². The lowest BCUT2D eigenvalue weighted by Crippen LogP contribution is -2.45. The van der Waals surface area contributed by atoms with E-state index in [2.05, 4.69) is 5.32 Å². The molecule has 1 aromatic carbocycles. The summed E-state index contributed by atoms with van der Waals surface area (Å²) < 4.78 is 5.85. The number of methoxy groups -OCH3 is 1. The lowest BCUT2D eigenvalue weighted by atomic mass is 9.81. The van der Waals surface area contributed by atoms with Gasteiger partial charge in [-0.1, -0.05) is 25.3 Å². The van der Waals surface area contributed by atoms with Crippen molar-refractivity contribution in [2.75, 3.05) is 20.2 Å². The fourth-order valence-corrected chi connectivity index (χ4v) is 4.37. The zero-order chi connectivity index (χ0) is 17.0. The smallest absolute Gasteiger partial charge is 0.335 e. The highest BCUT2D eigenvalue weighted by Crippen LogP contribution is 2.33. The third kappa shape index (κ3) is 3.81. The molecule has 2 N–H and O–H groups in total. The Morgan fingerprint density at radius 2 is 2.08 bits per heavy atom. The predicted molar refractivity (Wildman–Crippen MR) is 94.8 cm³/mol. The number of rotatable bonds is 6. The average molecular weight is 331 g/mol. The van der Waals surface area contributed by atoms with Crippen LogP contribution in [0.4, 0.5) is 0 Å². The van der Waals surface area contributed by atoms with E-state index >= 15 is 0 Å². The van der Waals surface area contributed by atoms with Crippen molar-refractivity contribution >= 4 is 5.97 Å². The molecule has 1 fully saturated rings. The molecule has 24 heavy (non-hydrogen) atoms. The van der Waals surface area contributed by atoms with Crippen LogP contribution in [0, 0.1) is 0 Å². The van der Waals surface area contributed by atoms with Crippen molar-refractivity contribution in [1.29, 1.82) is 0 Å². The molecule has 0 aliphatic heterocycles. The van der Waals surface area contributed by atoms with Gasteiger partial charge in [0.05, 0.1) is 11.2 Å². The van der Waals surface area contributed by atoms with Crippen molar-refractivity contribution in [3.05, 3.63) is 34.9 Å². The molecular formula is C20H29NO3. The van der Waals surface area contributed by atoms with Gasteiger partial charge in [-0.15, -0.1) is 0 Å². The summed E-state index contributed by atoms with van der Waals surface area (Å²) in [5.41, 5.74) is 2.95. The van der Waals surface area contributed by atoms with Gasteiger partial charge in [0, 0.05) is 20.2 Å². The van der Waals surface area contributed by atoms with E-state index in [-0.39, 0.29) is 5.60 Å². The third-order valence-electron chi connectivity index (χ3n) is 5.87. The molecule has 132 valence electrons. The fraction of sp³-hybridized carbons (Fsp3) is 0.650. The number of benzene rings is 1. The van der Waals surface area contributed by atoms with Crippen molar-refractivity contribution in [2.24, 2.45) is 0 Å². The van der Waals surface area contributed by atoms with E-state index in [1.807, 2.05) is 19.2 Å². The molecule has 0 amide bonds. The van der Waals surface area contributed by atoms with Crippen LogP contribution >= 0.6 is 0 Å². The minimum atomic E-state index is -0.837. The van der Waals surface area contributed by atoms with Crippen LogP contribution in [-0.2, 0) is 11.2 Å². The number of aryl methyl sites for hydroxylation is 1. The fourth-order valence-electron chi connectivity index (χ4n) is 4.37. The predicted octanol–water partition coefficient (Wildman–Crippen LogP) is 3.74. The van der Waals surface area contributed by atoms with E-state index in [1.54, 1.807) is 6.07 Å². The Labute approximate surface area is 144 Å². The first-order valence-electron chi connectivity index (χ1n) is 9.25.